The molecule has 6 aromatic rings. The lowest BCUT2D eigenvalue weighted by Crippen LogP contribution is -2.68. The van der Waals surface area contributed by atoms with Crippen molar-refractivity contribution < 1.29 is 67.5 Å². The summed E-state index contributed by atoms with van der Waals surface area (Å²) in [6.45, 7) is 15.9. The van der Waals surface area contributed by atoms with Crippen LogP contribution in [0, 0.1) is 50.4 Å². The van der Waals surface area contributed by atoms with E-state index in [0.717, 1.165) is 77.9 Å². The molecule has 10 atom stereocenters. The fourth-order valence-electron chi connectivity index (χ4n) is 16.3. The Morgan fingerprint density at radius 1 is 0.612 bits per heavy atom. The van der Waals surface area contributed by atoms with Gasteiger partial charge in [0.2, 0.25) is 18.8 Å². The molecule has 0 aromatic heterocycles. The summed E-state index contributed by atoms with van der Waals surface area (Å²) in [6.07, 6.45) is 11.7. The van der Waals surface area contributed by atoms with Crippen LogP contribution in [0.5, 0.6) is 57.5 Å². The van der Waals surface area contributed by atoms with Crippen LogP contribution in [-0.4, -0.2) is 151 Å². The van der Waals surface area contributed by atoms with Gasteiger partial charge in [0.1, 0.15) is 43.4 Å². The first-order valence-electron chi connectivity index (χ1n) is 32.3. The Kier molecular flexibility index (Phi) is 20.9. The van der Waals surface area contributed by atoms with Crippen molar-refractivity contribution in [1.29, 1.82) is 10.5 Å². The van der Waals surface area contributed by atoms with Crippen LogP contribution in [0.1, 0.15) is 109 Å². The van der Waals surface area contributed by atoms with E-state index in [0.29, 0.717) is 78.3 Å². The predicted molar refractivity (Wildman–Crippen MR) is 370 cm³/mol. The summed E-state index contributed by atoms with van der Waals surface area (Å²) in [5.41, 5.74) is 12.3. The van der Waals surface area contributed by atoms with Gasteiger partial charge in [-0.3, -0.25) is 24.4 Å². The van der Waals surface area contributed by atoms with E-state index in [9.17, 15) is 35.4 Å². The van der Waals surface area contributed by atoms with Gasteiger partial charge in [-0.25, -0.2) is 4.79 Å². The van der Waals surface area contributed by atoms with Crippen LogP contribution >= 0.6 is 11.6 Å². The summed E-state index contributed by atoms with van der Waals surface area (Å²) in [5.74, 6) is 4.41. The fourth-order valence-corrected chi connectivity index (χ4v) is 16.4. The highest BCUT2D eigenvalue weighted by molar-refractivity contribution is 6.66. The highest BCUT2D eigenvalue weighted by Gasteiger charge is 2.59. The molecular weight excluding hydrogens is 1270 g/mol. The first-order valence-corrected chi connectivity index (χ1v) is 32.7. The van der Waals surface area contributed by atoms with Gasteiger partial charge in [-0.05, 0) is 125 Å². The number of nitriles is 2. The first-order chi connectivity index (χ1) is 46.9. The Balaban J connectivity index is 0.000000173. The minimum absolute atomic E-state index is 0. The molecule has 20 nitrogen and oxygen atoms in total. The third-order valence-corrected chi connectivity index (χ3v) is 20.3. The number of hydrogen-bond donors (Lipinski definition) is 3. The molecule has 8 aliphatic rings. The maximum Gasteiger partial charge on any atom is 0.330 e. The summed E-state index contributed by atoms with van der Waals surface area (Å²) in [7, 11) is 7.17. The SMILES string of the molecule is C.C=CCOc1c(C)c2c(c3c1CC1[C@H]4c5c(cc(C)c(OC)c5O)C[C@@H]([C@H](C#N)N1[C@H]3CO)N4C)OCO2.C=CCOc1c(C)c2c(c3c1CC1[C@H]4c5c(cc(C)c(OC)c5O)C[C@@H]([C@H](C#N)N1[C@H]3COC(=O)/C=C/c1ccccc1)N4C)OCO2.O=C(Cl)/C=C/c1ccccc1. The number of phenolic OH excluding ortho intramolecular Hbond substituents is 2. The molecule has 21 heteroatoms. The minimum Gasteiger partial charge on any atom is -0.504 e. The molecule has 0 spiro atoms. The van der Waals surface area contributed by atoms with Gasteiger partial charge in [-0.15, -0.1) is 0 Å². The molecule has 0 aliphatic carbocycles. The van der Waals surface area contributed by atoms with Crippen LogP contribution < -0.4 is 37.9 Å². The maximum absolute atomic E-state index is 13.2. The van der Waals surface area contributed by atoms with Gasteiger partial charge in [0, 0.05) is 74.8 Å². The number of allylic oxidation sites excluding steroid dienone is 1. The van der Waals surface area contributed by atoms with E-state index in [2.05, 4.69) is 57.0 Å². The Hall–Kier alpha value is -9.51. The van der Waals surface area contributed by atoms with E-state index >= 15 is 0 Å². The number of aliphatic hydroxyl groups excluding tert-OH is 1. The zero-order chi connectivity index (χ0) is 68.7. The highest BCUT2D eigenvalue weighted by atomic mass is 35.5. The number of nitrogens with zero attached hydrogens (tertiary/aromatic N) is 6. The van der Waals surface area contributed by atoms with Crippen LogP contribution in [-0.2, 0) is 40.0 Å². The van der Waals surface area contributed by atoms with Crippen molar-refractivity contribution >= 4 is 35.0 Å². The van der Waals surface area contributed by atoms with Crippen molar-refractivity contribution in [2.24, 2.45) is 0 Å². The van der Waals surface area contributed by atoms with Gasteiger partial charge in [-0.1, -0.05) is 112 Å². The number of aryl methyl sites for hydroxylation is 2. The predicted octanol–water partition coefficient (Wildman–Crippen LogP) is 11.5. The Labute approximate surface area is 577 Å². The van der Waals surface area contributed by atoms with Crippen molar-refractivity contribution in [3.8, 4) is 69.6 Å². The number of ether oxygens (including phenoxy) is 9. The molecule has 14 rings (SSSR count). The van der Waals surface area contributed by atoms with Gasteiger partial charge in [-0.2, -0.15) is 10.5 Å². The molecule has 0 saturated carbocycles. The third-order valence-electron chi connectivity index (χ3n) is 20.2. The van der Waals surface area contributed by atoms with Crippen molar-refractivity contribution in [2.75, 3.05) is 68.3 Å². The molecule has 2 unspecified atom stereocenters. The summed E-state index contributed by atoms with van der Waals surface area (Å²) in [5, 5.41) is 55.0. The number of piperazine rings is 2. The fraction of sp³-hybridized carbons (Fsp3) is 0.377. The van der Waals surface area contributed by atoms with E-state index in [-0.39, 0.29) is 88.6 Å². The largest absolute Gasteiger partial charge is 0.504 e. The average Bonchev–Trinajstić information content (AvgIpc) is 0.910. The highest BCUT2D eigenvalue weighted by Crippen LogP contribution is 2.61. The molecule has 512 valence electrons. The van der Waals surface area contributed by atoms with Crippen molar-refractivity contribution in [3.63, 3.8) is 0 Å². The van der Waals surface area contributed by atoms with Gasteiger partial charge < -0.3 is 58.0 Å². The summed E-state index contributed by atoms with van der Waals surface area (Å²) < 4.78 is 53.7. The van der Waals surface area contributed by atoms with Crippen LogP contribution in [0.15, 0.2) is 110 Å². The first kappa shape index (κ1) is 69.8. The Morgan fingerprint density at radius 2 is 1.03 bits per heavy atom. The van der Waals surface area contributed by atoms with E-state index in [1.807, 2.05) is 102 Å². The number of likely N-dealkylation sites (N-methyl/N-ethyl adjacent to an activating group) is 2. The lowest BCUT2D eigenvalue weighted by atomic mass is 9.71. The van der Waals surface area contributed by atoms with Crippen molar-refractivity contribution in [3.05, 3.63) is 188 Å². The summed E-state index contributed by atoms with van der Waals surface area (Å²) in [4.78, 5) is 32.2. The number of methoxy groups -OCH3 is 2. The molecule has 0 radical (unpaired) electrons. The number of esters is 1. The Bertz CT molecular complexity index is 4230. The minimum atomic E-state index is -0.575. The number of halogens is 1. The third kappa shape index (κ3) is 12.2. The zero-order valence-corrected chi connectivity index (χ0v) is 56.3. The lowest BCUT2D eigenvalue weighted by Gasteiger charge is -2.59. The number of phenols is 2. The average molecular weight is 1350 g/mol. The van der Waals surface area contributed by atoms with Gasteiger partial charge in [0.25, 0.3) is 0 Å². The second-order valence-corrected chi connectivity index (χ2v) is 25.7. The van der Waals surface area contributed by atoms with Gasteiger partial charge in [0.05, 0.1) is 57.1 Å². The van der Waals surface area contributed by atoms with Crippen molar-refractivity contribution in [2.45, 2.75) is 121 Å². The number of benzene rings is 6. The normalized spacial score (nSPS) is 23.3. The van der Waals surface area contributed by atoms with Crippen LogP contribution in [0.25, 0.3) is 12.2 Å². The summed E-state index contributed by atoms with van der Waals surface area (Å²) >= 11 is 5.10. The molecule has 2 saturated heterocycles. The molecule has 8 heterocycles. The molecule has 0 amide bonds. The van der Waals surface area contributed by atoms with E-state index in [1.165, 1.54) is 12.2 Å². The van der Waals surface area contributed by atoms with Crippen molar-refractivity contribution in [1.82, 2.24) is 19.6 Å². The number of aliphatic hydroxyl groups is 1. The number of aromatic hydroxyl groups is 2. The molecule has 2 fully saturated rings. The van der Waals surface area contributed by atoms with Gasteiger partial charge >= 0.3 is 5.97 Å². The van der Waals surface area contributed by atoms with E-state index < -0.39 is 35.4 Å². The Morgan fingerprint density at radius 3 is 1.44 bits per heavy atom. The number of carbonyl (C=O) groups is 2. The standard InChI is InChI=1S/C38H39N3O7.C29H33N3O6.C9H7ClO.CH4/c1-6-14-45-36-22(3)37-38(48-20-47-37)32-25(36)17-27-33-31-24(15-21(2)35(44-5)34(31)43)16-26(40(33)4)28(18-39)41(27)29(32)19-46-30(42)13-12-23-10-8-7-9-11-23;1-6-7-36-27-15(3)28-29(38-13-37-28)23-17(27)10-19-24-22-16(8-14(2)26(35-5)25(22)34)9-18(31(24)4)20(11-30)32(19)21(23)12-33;10-9(11)7-6-8-4-2-1-3-5-8;/h6-13,15,26-29,33,43H,1,14,16-17,19-20H2,2-5H3;6,8,18-21,24,33-34H,1,7,9-10,12-13H2,2-5H3;1-7H;1H4/b13-12+;;7-6+;/t26-,27?,28-,29-,33-;18-,19?,20-,21-,24-;;/m00../s1. The molecule has 98 heavy (non-hydrogen) atoms. The topological polar surface area (TPSA) is 238 Å². The monoisotopic (exact) mass is 1350 g/mol. The smallest absolute Gasteiger partial charge is 0.330 e. The maximum atomic E-state index is 13.2. The van der Waals surface area contributed by atoms with E-state index in [4.69, 9.17) is 54.2 Å². The number of fused-ring (bicyclic) bond motifs is 18. The number of rotatable bonds is 15. The second-order valence-electron chi connectivity index (χ2n) is 25.3. The molecule has 4 bridgehead atoms. The summed E-state index contributed by atoms with van der Waals surface area (Å²) in [6, 6.07) is 24.9. The van der Waals surface area contributed by atoms with Gasteiger partial charge in [0.15, 0.2) is 46.0 Å². The number of carbonyl (C=O) groups excluding carboxylic acids is 2. The molecular formula is C77H83ClN6O14. The van der Waals surface area contributed by atoms with E-state index in [1.54, 1.807) is 38.5 Å². The molecule has 6 aromatic carbocycles. The quantitative estimate of drug-likeness (QED) is 0.0375. The lowest BCUT2D eigenvalue weighted by molar-refractivity contribution is -0.143. The second kappa shape index (κ2) is 29.3. The van der Waals surface area contributed by atoms with Crippen LogP contribution in [0.2, 0.25) is 0 Å². The van der Waals surface area contributed by atoms with Crippen LogP contribution in [0.4, 0.5) is 0 Å². The zero-order valence-electron chi connectivity index (χ0n) is 55.5. The molecule has 8 aliphatic heterocycles. The molecule has 3 N–H and O–H groups in total. The van der Waals surface area contributed by atoms with Crippen LogP contribution in [0.3, 0.4) is 0 Å². The number of hydrogen-bond acceptors (Lipinski definition) is 20.